The summed E-state index contributed by atoms with van der Waals surface area (Å²) < 4.78 is 6.61. The molecule has 1 N–H and O–H groups in total. The highest BCUT2D eigenvalue weighted by Crippen LogP contribution is 2.40. The SMILES string of the molecule is CC#CC#CC#CC#CC#CC#CC#CC#CCC(O)COC(c1ccccc1)(c1ccccc1)c1ccccc1. The standard InChI is InChI=1S/C39H24O2/c1-2-3-4-5-6-7-8-9-10-11-12-13-14-15-16-26-33-38(40)34-41-39(35-27-20-17-21-28-35,36-29-22-18-23-30-36)37-31-24-19-25-32-37/h17-25,27-32,38,40H,33-34H2,1H3. The van der Waals surface area contributed by atoms with E-state index in [0.29, 0.717) is 0 Å². The van der Waals surface area contributed by atoms with Gasteiger partial charge in [0, 0.05) is 6.42 Å². The number of ether oxygens (including phenoxy) is 1. The molecule has 0 saturated heterocycles. The monoisotopic (exact) mass is 524 g/mol. The molecule has 1 unspecified atom stereocenters. The van der Waals surface area contributed by atoms with Gasteiger partial charge in [-0.15, -0.1) is 0 Å². The van der Waals surface area contributed by atoms with Gasteiger partial charge in [0.2, 0.25) is 0 Å². The molecule has 0 heterocycles. The Hall–Kier alpha value is -5.94. The van der Waals surface area contributed by atoms with E-state index in [2.05, 4.69) is 94.7 Å². The quantitative estimate of drug-likeness (QED) is 0.356. The zero-order valence-corrected chi connectivity index (χ0v) is 22.5. The maximum atomic E-state index is 10.7. The van der Waals surface area contributed by atoms with Crippen molar-refractivity contribution in [3.05, 3.63) is 108 Å². The van der Waals surface area contributed by atoms with Crippen molar-refractivity contribution < 1.29 is 9.84 Å². The Labute approximate surface area is 243 Å². The van der Waals surface area contributed by atoms with Crippen molar-refractivity contribution in [1.29, 1.82) is 0 Å². The summed E-state index contributed by atoms with van der Waals surface area (Å²) in [5.74, 6) is 41.6. The highest BCUT2D eigenvalue weighted by atomic mass is 16.5. The van der Waals surface area contributed by atoms with Crippen LogP contribution in [0.5, 0.6) is 0 Å². The molecule has 0 aromatic heterocycles. The predicted octanol–water partition coefficient (Wildman–Crippen LogP) is 4.79. The van der Waals surface area contributed by atoms with Gasteiger partial charge in [0.05, 0.1) is 12.7 Å². The topological polar surface area (TPSA) is 29.5 Å². The van der Waals surface area contributed by atoms with E-state index in [-0.39, 0.29) is 13.0 Å². The predicted molar refractivity (Wildman–Crippen MR) is 164 cm³/mol. The van der Waals surface area contributed by atoms with Crippen molar-refractivity contribution in [2.24, 2.45) is 0 Å². The molecule has 0 bridgehead atoms. The number of aliphatic hydroxyl groups excluding tert-OH is 1. The minimum atomic E-state index is -0.899. The second-order valence-electron chi connectivity index (χ2n) is 8.12. The van der Waals surface area contributed by atoms with Crippen LogP contribution in [0.1, 0.15) is 30.0 Å². The van der Waals surface area contributed by atoms with E-state index in [0.717, 1.165) is 16.7 Å². The Bertz CT molecular complexity index is 1710. The first-order chi connectivity index (χ1) is 20.3. The van der Waals surface area contributed by atoms with Crippen molar-refractivity contribution in [2.45, 2.75) is 25.0 Å². The average Bonchev–Trinajstić information content (AvgIpc) is 3.03. The van der Waals surface area contributed by atoms with Crippen LogP contribution >= 0.6 is 0 Å². The number of aliphatic hydroxyl groups is 1. The summed E-state index contributed by atoms with van der Waals surface area (Å²) in [7, 11) is 0. The molecule has 3 rings (SSSR count). The van der Waals surface area contributed by atoms with Crippen LogP contribution in [0.2, 0.25) is 0 Å². The third-order valence-electron chi connectivity index (χ3n) is 5.40. The van der Waals surface area contributed by atoms with Crippen LogP contribution in [-0.2, 0) is 10.3 Å². The second-order valence-corrected chi connectivity index (χ2v) is 8.12. The molecule has 41 heavy (non-hydrogen) atoms. The maximum Gasteiger partial charge on any atom is 0.143 e. The summed E-state index contributed by atoms with van der Waals surface area (Å²) in [5.41, 5.74) is 2.00. The Morgan fingerprint density at radius 3 is 1.24 bits per heavy atom. The molecule has 0 radical (unpaired) electrons. The van der Waals surface area contributed by atoms with Gasteiger partial charge >= 0.3 is 0 Å². The molecule has 0 aliphatic heterocycles. The molecular weight excluding hydrogens is 500 g/mol. The molecule has 0 fully saturated rings. The molecule has 0 saturated carbocycles. The van der Waals surface area contributed by atoms with Crippen LogP contribution in [0.3, 0.4) is 0 Å². The summed E-state index contributed by atoms with van der Waals surface area (Å²) in [6, 6.07) is 30.0. The fourth-order valence-corrected chi connectivity index (χ4v) is 3.70. The summed E-state index contributed by atoms with van der Waals surface area (Å²) in [5, 5.41) is 10.7. The maximum absolute atomic E-state index is 10.7. The third kappa shape index (κ3) is 9.71. The lowest BCUT2D eigenvalue weighted by Crippen LogP contribution is -2.35. The molecule has 3 aromatic carbocycles. The Balaban J connectivity index is 1.65. The summed E-state index contributed by atoms with van der Waals surface area (Å²) in [6.07, 6.45) is -0.619. The summed E-state index contributed by atoms with van der Waals surface area (Å²) in [6.45, 7) is 1.77. The van der Waals surface area contributed by atoms with Crippen LogP contribution in [0.4, 0.5) is 0 Å². The molecule has 2 nitrogen and oxygen atoms in total. The van der Waals surface area contributed by atoms with Gasteiger partial charge in [-0.2, -0.15) is 0 Å². The lowest BCUT2D eigenvalue weighted by atomic mass is 9.80. The van der Waals surface area contributed by atoms with Crippen LogP contribution in [0.15, 0.2) is 91.0 Å². The van der Waals surface area contributed by atoms with Gasteiger partial charge in [-0.05, 0) is 107 Å². The molecule has 0 spiro atoms. The highest BCUT2D eigenvalue weighted by molar-refractivity contribution is 5.48. The zero-order chi connectivity index (χ0) is 28.9. The van der Waals surface area contributed by atoms with Crippen LogP contribution < -0.4 is 0 Å². The van der Waals surface area contributed by atoms with Crippen LogP contribution in [0, 0.1) is 94.7 Å². The molecule has 0 aliphatic rings. The van der Waals surface area contributed by atoms with Crippen molar-refractivity contribution in [2.75, 3.05) is 6.61 Å². The van der Waals surface area contributed by atoms with Crippen molar-refractivity contribution in [3.8, 4) is 94.7 Å². The van der Waals surface area contributed by atoms with Gasteiger partial charge in [-0.25, -0.2) is 0 Å². The Morgan fingerprint density at radius 2 is 0.878 bits per heavy atom. The smallest absolute Gasteiger partial charge is 0.143 e. The van der Waals surface area contributed by atoms with Gasteiger partial charge in [0.25, 0.3) is 0 Å². The van der Waals surface area contributed by atoms with Gasteiger partial charge in [-0.1, -0.05) is 103 Å². The second kappa shape index (κ2) is 17.5. The van der Waals surface area contributed by atoms with Gasteiger partial charge in [0.1, 0.15) is 5.60 Å². The van der Waals surface area contributed by atoms with Gasteiger partial charge < -0.3 is 9.84 Å². The van der Waals surface area contributed by atoms with E-state index >= 15 is 0 Å². The molecule has 192 valence electrons. The first kappa shape index (κ1) is 29.6. The molecular formula is C39H24O2. The number of benzene rings is 3. The average molecular weight is 525 g/mol. The number of hydrogen-bond donors (Lipinski definition) is 1. The zero-order valence-electron chi connectivity index (χ0n) is 22.5. The summed E-state index contributed by atoms with van der Waals surface area (Å²) in [4.78, 5) is 0. The largest absolute Gasteiger partial charge is 0.390 e. The minimum Gasteiger partial charge on any atom is -0.390 e. The lowest BCUT2D eigenvalue weighted by Gasteiger charge is -2.36. The molecule has 1 atom stereocenters. The molecule has 0 aliphatic carbocycles. The van der Waals surface area contributed by atoms with Gasteiger partial charge in [-0.3, -0.25) is 0 Å². The van der Waals surface area contributed by atoms with E-state index in [1.54, 1.807) is 6.92 Å². The van der Waals surface area contributed by atoms with Gasteiger partial charge in [0.15, 0.2) is 0 Å². The van der Waals surface area contributed by atoms with Crippen LogP contribution in [0.25, 0.3) is 0 Å². The lowest BCUT2D eigenvalue weighted by molar-refractivity contribution is -0.0362. The van der Waals surface area contributed by atoms with E-state index in [4.69, 9.17) is 4.74 Å². The fraction of sp³-hybridized carbons (Fsp3) is 0.128. The van der Waals surface area contributed by atoms with E-state index < -0.39 is 11.7 Å². The Kier molecular flexibility index (Phi) is 12.7. The fourth-order valence-electron chi connectivity index (χ4n) is 3.70. The first-order valence-corrected chi connectivity index (χ1v) is 12.7. The van der Waals surface area contributed by atoms with E-state index in [1.807, 2.05) is 91.0 Å². The number of rotatable bonds is 7. The normalized spacial score (nSPS) is 9.32. The minimum absolute atomic E-state index is 0.0704. The highest BCUT2D eigenvalue weighted by Gasteiger charge is 2.37. The Morgan fingerprint density at radius 1 is 0.537 bits per heavy atom. The van der Waals surface area contributed by atoms with Crippen molar-refractivity contribution in [3.63, 3.8) is 0 Å². The van der Waals surface area contributed by atoms with E-state index in [9.17, 15) is 5.11 Å². The number of hydrogen-bond acceptors (Lipinski definition) is 2. The van der Waals surface area contributed by atoms with Crippen molar-refractivity contribution >= 4 is 0 Å². The molecule has 2 heteroatoms. The molecule has 0 amide bonds. The van der Waals surface area contributed by atoms with Crippen molar-refractivity contribution in [1.82, 2.24) is 0 Å². The van der Waals surface area contributed by atoms with E-state index in [1.165, 1.54) is 0 Å². The first-order valence-electron chi connectivity index (χ1n) is 12.7. The molecule has 3 aromatic rings. The van der Waals surface area contributed by atoms with Crippen LogP contribution in [-0.4, -0.2) is 17.8 Å². The third-order valence-corrected chi connectivity index (χ3v) is 5.40. The summed E-state index contributed by atoms with van der Waals surface area (Å²) >= 11 is 0.